The zero-order valence-corrected chi connectivity index (χ0v) is 13.7. The number of halogens is 1. The van der Waals surface area contributed by atoms with Crippen molar-refractivity contribution in [3.63, 3.8) is 0 Å². The first-order chi connectivity index (χ1) is 9.61. The smallest absolute Gasteiger partial charge is 0.310 e. The molecule has 0 aliphatic carbocycles. The molecular formula is C15H17BrO3S. The SMILES string of the molecule is COC(=O)[C@@H]1C2CCC(C[C@H]1c1ccc(Br)cc1)S2=O. The third kappa shape index (κ3) is 2.35. The van der Waals surface area contributed by atoms with E-state index in [1.165, 1.54) is 7.11 Å². The summed E-state index contributed by atoms with van der Waals surface area (Å²) in [6.07, 6.45) is 2.67. The number of ether oxygens (including phenoxy) is 1. The minimum absolute atomic E-state index is 0.0325. The minimum Gasteiger partial charge on any atom is -0.469 e. The number of carbonyl (C=O) groups is 1. The van der Waals surface area contributed by atoms with Gasteiger partial charge in [0.2, 0.25) is 0 Å². The molecule has 1 aromatic carbocycles. The number of esters is 1. The van der Waals surface area contributed by atoms with Gasteiger partial charge in [0, 0.05) is 25.8 Å². The van der Waals surface area contributed by atoms with Gasteiger partial charge in [-0.2, -0.15) is 0 Å². The van der Waals surface area contributed by atoms with Gasteiger partial charge >= 0.3 is 5.97 Å². The first-order valence-electron chi connectivity index (χ1n) is 6.84. The fraction of sp³-hybridized carbons (Fsp3) is 0.533. The van der Waals surface area contributed by atoms with E-state index in [1.54, 1.807) is 0 Å². The molecule has 2 aliphatic heterocycles. The number of hydrogen-bond donors (Lipinski definition) is 0. The number of fused-ring (bicyclic) bond motifs is 2. The van der Waals surface area contributed by atoms with Gasteiger partial charge in [-0.05, 0) is 42.9 Å². The van der Waals surface area contributed by atoms with E-state index in [1.807, 2.05) is 12.1 Å². The maximum Gasteiger partial charge on any atom is 0.310 e. The molecule has 0 saturated carbocycles. The van der Waals surface area contributed by atoms with Gasteiger partial charge in [0.25, 0.3) is 0 Å². The van der Waals surface area contributed by atoms with E-state index in [9.17, 15) is 9.00 Å². The van der Waals surface area contributed by atoms with Crippen molar-refractivity contribution in [2.24, 2.45) is 5.92 Å². The standard InChI is InChI=1S/C15H17BrO3S/c1-19-15(17)14-12(9-2-4-10(16)5-3-9)8-11-6-7-13(14)20(11)18/h2-5,11-14H,6-8H2,1H3/t11?,12-,13?,14-,20?/m0/s1. The summed E-state index contributed by atoms with van der Waals surface area (Å²) in [5.41, 5.74) is 1.15. The molecule has 5 heteroatoms. The van der Waals surface area contributed by atoms with Gasteiger partial charge in [-0.1, -0.05) is 28.1 Å². The Balaban J connectivity index is 1.97. The lowest BCUT2D eigenvalue weighted by Crippen LogP contribution is -2.41. The van der Waals surface area contributed by atoms with Crippen LogP contribution >= 0.6 is 15.9 Å². The van der Waals surface area contributed by atoms with Gasteiger partial charge in [0.15, 0.2) is 0 Å². The summed E-state index contributed by atoms with van der Waals surface area (Å²) in [7, 11) is 0.542. The highest BCUT2D eigenvalue weighted by Gasteiger charge is 2.51. The molecule has 2 bridgehead atoms. The summed E-state index contributed by atoms with van der Waals surface area (Å²) in [4.78, 5) is 12.2. The van der Waals surface area contributed by atoms with E-state index in [0.29, 0.717) is 0 Å². The molecule has 0 spiro atoms. The number of benzene rings is 1. The Kier molecular flexibility index (Phi) is 4.00. The molecule has 0 radical (unpaired) electrons. The Morgan fingerprint density at radius 1 is 1.30 bits per heavy atom. The molecule has 3 nitrogen and oxygen atoms in total. The van der Waals surface area contributed by atoms with Crippen molar-refractivity contribution in [3.05, 3.63) is 34.3 Å². The predicted molar refractivity (Wildman–Crippen MR) is 82.0 cm³/mol. The molecule has 0 N–H and O–H groups in total. The van der Waals surface area contributed by atoms with Gasteiger partial charge < -0.3 is 4.74 Å². The average molecular weight is 357 g/mol. The van der Waals surface area contributed by atoms with E-state index in [4.69, 9.17) is 4.74 Å². The minimum atomic E-state index is -0.880. The monoisotopic (exact) mass is 356 g/mol. The third-order valence-electron chi connectivity index (χ3n) is 4.52. The molecule has 3 unspecified atom stereocenters. The van der Waals surface area contributed by atoms with Gasteiger partial charge in [0.05, 0.1) is 13.0 Å². The lowest BCUT2D eigenvalue weighted by Gasteiger charge is -2.34. The van der Waals surface area contributed by atoms with Crippen LogP contribution in [0.1, 0.15) is 30.7 Å². The number of rotatable bonds is 2. The predicted octanol–water partition coefficient (Wildman–Crippen LogP) is 3.01. The van der Waals surface area contributed by atoms with Crippen LogP contribution in [0, 0.1) is 5.92 Å². The number of hydrogen-bond acceptors (Lipinski definition) is 3. The highest BCUT2D eigenvalue weighted by atomic mass is 79.9. The van der Waals surface area contributed by atoms with Crippen LogP contribution in [0.25, 0.3) is 0 Å². The number of methoxy groups -OCH3 is 1. The summed E-state index contributed by atoms with van der Waals surface area (Å²) >= 11 is 3.43. The Hall–Kier alpha value is -0.680. The fourth-order valence-electron chi connectivity index (χ4n) is 3.56. The lowest BCUT2D eigenvalue weighted by atomic mass is 9.81. The van der Waals surface area contributed by atoms with E-state index in [2.05, 4.69) is 28.1 Å². The fourth-order valence-corrected chi connectivity index (χ4v) is 6.04. The van der Waals surface area contributed by atoms with Crippen molar-refractivity contribution < 1.29 is 13.7 Å². The maximum absolute atomic E-state index is 12.3. The summed E-state index contributed by atoms with van der Waals surface area (Å²) < 4.78 is 18.4. The third-order valence-corrected chi connectivity index (χ3v) is 7.26. The molecular weight excluding hydrogens is 340 g/mol. The van der Waals surface area contributed by atoms with Gasteiger partial charge in [-0.3, -0.25) is 9.00 Å². The molecule has 0 amide bonds. The molecule has 3 rings (SSSR count). The summed E-state index contributed by atoms with van der Waals surface area (Å²) in [6, 6.07) is 8.10. The summed E-state index contributed by atoms with van der Waals surface area (Å²) in [6.45, 7) is 0. The van der Waals surface area contributed by atoms with Crippen molar-refractivity contribution in [1.29, 1.82) is 0 Å². The van der Waals surface area contributed by atoms with Gasteiger partial charge in [-0.15, -0.1) is 0 Å². The first kappa shape index (κ1) is 14.3. The highest BCUT2D eigenvalue weighted by Crippen LogP contribution is 2.47. The van der Waals surface area contributed by atoms with Crippen molar-refractivity contribution in [2.45, 2.75) is 35.7 Å². The van der Waals surface area contributed by atoms with Gasteiger partial charge in [-0.25, -0.2) is 0 Å². The molecule has 1 aromatic rings. The molecule has 20 heavy (non-hydrogen) atoms. The quantitative estimate of drug-likeness (QED) is 0.765. The molecule has 2 saturated heterocycles. The Bertz CT molecular complexity index is 543. The average Bonchev–Trinajstić information content (AvgIpc) is 2.70. The second-order valence-corrected chi connectivity index (χ2v) is 8.35. The Labute approximate surface area is 129 Å². The van der Waals surface area contributed by atoms with Crippen molar-refractivity contribution >= 4 is 32.7 Å². The first-order valence-corrected chi connectivity index (χ1v) is 8.91. The second kappa shape index (κ2) is 5.60. The molecule has 5 atom stereocenters. The lowest BCUT2D eigenvalue weighted by molar-refractivity contribution is -0.146. The van der Waals surface area contributed by atoms with Crippen molar-refractivity contribution in [3.8, 4) is 0 Å². The summed E-state index contributed by atoms with van der Waals surface area (Å²) in [5, 5.41) is 0.212. The van der Waals surface area contributed by atoms with Crippen LogP contribution < -0.4 is 0 Å². The second-order valence-electron chi connectivity index (χ2n) is 5.51. The van der Waals surface area contributed by atoms with Crippen LogP contribution in [0.4, 0.5) is 0 Å². The number of carbonyl (C=O) groups excluding carboxylic acids is 1. The maximum atomic E-state index is 12.3. The Morgan fingerprint density at radius 3 is 2.65 bits per heavy atom. The van der Waals surface area contributed by atoms with E-state index < -0.39 is 10.8 Å². The largest absolute Gasteiger partial charge is 0.469 e. The van der Waals surface area contributed by atoms with E-state index in [-0.39, 0.29) is 28.3 Å². The van der Waals surface area contributed by atoms with E-state index >= 15 is 0 Å². The van der Waals surface area contributed by atoms with Gasteiger partial charge in [0.1, 0.15) is 0 Å². The van der Waals surface area contributed by atoms with Crippen LogP contribution in [-0.2, 0) is 20.3 Å². The molecule has 2 fully saturated rings. The van der Waals surface area contributed by atoms with Crippen LogP contribution in [0.5, 0.6) is 0 Å². The van der Waals surface area contributed by atoms with Crippen LogP contribution in [-0.4, -0.2) is 27.8 Å². The molecule has 2 aliphatic rings. The molecule has 2 heterocycles. The van der Waals surface area contributed by atoms with Crippen LogP contribution in [0.15, 0.2) is 28.7 Å². The molecule has 0 aromatic heterocycles. The van der Waals surface area contributed by atoms with Crippen LogP contribution in [0.2, 0.25) is 0 Å². The summed E-state index contributed by atoms with van der Waals surface area (Å²) in [5.74, 6) is -0.344. The van der Waals surface area contributed by atoms with E-state index in [0.717, 1.165) is 29.3 Å². The van der Waals surface area contributed by atoms with Crippen molar-refractivity contribution in [2.75, 3.05) is 7.11 Å². The van der Waals surface area contributed by atoms with Crippen LogP contribution in [0.3, 0.4) is 0 Å². The highest BCUT2D eigenvalue weighted by molar-refractivity contribution is 9.10. The zero-order valence-electron chi connectivity index (χ0n) is 11.3. The topological polar surface area (TPSA) is 43.4 Å². The normalized spacial score (nSPS) is 35.8. The Morgan fingerprint density at radius 2 is 2.00 bits per heavy atom. The zero-order chi connectivity index (χ0) is 14.3. The van der Waals surface area contributed by atoms with Crippen molar-refractivity contribution in [1.82, 2.24) is 0 Å². The molecule has 108 valence electrons.